The van der Waals surface area contributed by atoms with Crippen molar-refractivity contribution >= 4 is 10.0 Å². The van der Waals surface area contributed by atoms with Crippen molar-refractivity contribution in [2.24, 2.45) is 0 Å². The van der Waals surface area contributed by atoms with E-state index in [2.05, 4.69) is 9.88 Å². The minimum atomic E-state index is -3.65. The summed E-state index contributed by atoms with van der Waals surface area (Å²) in [6, 6.07) is 5.59. The smallest absolute Gasteiger partial charge is 0.246 e. The average Bonchev–Trinajstić information content (AvgIpc) is 2.72. The SMILES string of the molecule is Cc1ccc([C@@H](C)NS(=O)(=O)c2c(C)noc2C)cc1C. The summed E-state index contributed by atoms with van der Waals surface area (Å²) in [6.07, 6.45) is 0. The van der Waals surface area contributed by atoms with Crippen LogP contribution in [0.4, 0.5) is 0 Å². The summed E-state index contributed by atoms with van der Waals surface area (Å²) in [5, 5.41) is 3.69. The van der Waals surface area contributed by atoms with Crippen molar-refractivity contribution in [3.8, 4) is 0 Å². The normalized spacial score (nSPS) is 13.4. The zero-order valence-electron chi connectivity index (χ0n) is 12.9. The molecule has 6 heteroatoms. The van der Waals surface area contributed by atoms with Gasteiger partial charge in [-0.25, -0.2) is 13.1 Å². The first-order valence-electron chi connectivity index (χ1n) is 6.74. The Morgan fingerprint density at radius 1 is 1.14 bits per heavy atom. The number of hydrogen-bond donors (Lipinski definition) is 1. The van der Waals surface area contributed by atoms with Gasteiger partial charge in [-0.1, -0.05) is 23.4 Å². The predicted octanol–water partition coefficient (Wildman–Crippen LogP) is 2.95. The predicted molar refractivity (Wildman–Crippen MR) is 80.6 cm³/mol. The van der Waals surface area contributed by atoms with Gasteiger partial charge >= 0.3 is 0 Å². The zero-order chi connectivity index (χ0) is 15.8. The van der Waals surface area contributed by atoms with E-state index >= 15 is 0 Å². The molecule has 0 saturated carbocycles. The fourth-order valence-corrected chi connectivity index (χ4v) is 3.81. The Bertz CT molecular complexity index is 744. The lowest BCUT2D eigenvalue weighted by Gasteiger charge is -2.15. The second-order valence-electron chi connectivity index (χ2n) is 5.34. The van der Waals surface area contributed by atoms with Crippen LogP contribution in [0, 0.1) is 27.7 Å². The van der Waals surface area contributed by atoms with Crippen molar-refractivity contribution in [2.75, 3.05) is 0 Å². The van der Waals surface area contributed by atoms with Crippen LogP contribution >= 0.6 is 0 Å². The number of nitrogens with zero attached hydrogens (tertiary/aromatic N) is 1. The van der Waals surface area contributed by atoms with Crippen LogP contribution in [0.1, 0.15) is 41.1 Å². The van der Waals surface area contributed by atoms with Gasteiger partial charge in [-0.2, -0.15) is 0 Å². The molecule has 0 radical (unpaired) electrons. The Kier molecular flexibility index (Phi) is 4.20. The number of aryl methyl sites for hydroxylation is 4. The van der Waals surface area contributed by atoms with Gasteiger partial charge in [0, 0.05) is 6.04 Å². The minimum Gasteiger partial charge on any atom is -0.360 e. The maximum Gasteiger partial charge on any atom is 0.246 e. The van der Waals surface area contributed by atoms with Crippen molar-refractivity contribution in [3.05, 3.63) is 46.3 Å². The van der Waals surface area contributed by atoms with Crippen LogP contribution in [0.2, 0.25) is 0 Å². The Morgan fingerprint density at radius 3 is 2.33 bits per heavy atom. The number of benzene rings is 1. The number of rotatable bonds is 4. The second kappa shape index (κ2) is 5.61. The largest absolute Gasteiger partial charge is 0.360 e. The zero-order valence-corrected chi connectivity index (χ0v) is 13.7. The van der Waals surface area contributed by atoms with Crippen molar-refractivity contribution in [1.29, 1.82) is 0 Å². The highest BCUT2D eigenvalue weighted by atomic mass is 32.2. The van der Waals surface area contributed by atoms with E-state index in [-0.39, 0.29) is 10.9 Å². The molecule has 1 aromatic heterocycles. The van der Waals surface area contributed by atoms with Gasteiger partial charge in [0.1, 0.15) is 10.6 Å². The third-order valence-electron chi connectivity index (χ3n) is 3.60. The number of hydrogen-bond acceptors (Lipinski definition) is 4. The summed E-state index contributed by atoms with van der Waals surface area (Å²) in [4.78, 5) is 0.123. The van der Waals surface area contributed by atoms with Gasteiger partial charge in [0.2, 0.25) is 10.0 Å². The molecular weight excluding hydrogens is 288 g/mol. The Balaban J connectivity index is 2.30. The highest BCUT2D eigenvalue weighted by Crippen LogP contribution is 2.23. The molecule has 0 spiro atoms. The molecule has 1 atom stereocenters. The summed E-state index contributed by atoms with van der Waals surface area (Å²) < 4.78 is 32.5. The van der Waals surface area contributed by atoms with E-state index in [1.807, 2.05) is 39.0 Å². The van der Waals surface area contributed by atoms with Gasteiger partial charge < -0.3 is 4.52 Å². The molecule has 0 bridgehead atoms. The van der Waals surface area contributed by atoms with Crippen molar-refractivity contribution < 1.29 is 12.9 Å². The molecule has 0 aliphatic carbocycles. The van der Waals surface area contributed by atoms with E-state index < -0.39 is 10.0 Å². The molecule has 1 aromatic carbocycles. The van der Waals surface area contributed by atoms with E-state index in [9.17, 15) is 8.42 Å². The molecule has 0 aliphatic heterocycles. The Labute approximate surface area is 125 Å². The summed E-state index contributed by atoms with van der Waals surface area (Å²) in [5.74, 6) is 0.298. The molecule has 21 heavy (non-hydrogen) atoms. The van der Waals surface area contributed by atoms with E-state index in [0.717, 1.165) is 11.1 Å². The van der Waals surface area contributed by atoms with Gasteiger partial charge in [0.05, 0.1) is 0 Å². The lowest BCUT2D eigenvalue weighted by Crippen LogP contribution is -2.27. The minimum absolute atomic E-state index is 0.123. The first-order chi connectivity index (χ1) is 9.72. The first kappa shape index (κ1) is 15.7. The van der Waals surface area contributed by atoms with E-state index in [1.54, 1.807) is 13.8 Å². The molecule has 0 unspecified atom stereocenters. The Morgan fingerprint density at radius 2 is 1.81 bits per heavy atom. The van der Waals surface area contributed by atoms with Crippen LogP contribution in [-0.4, -0.2) is 13.6 Å². The molecule has 5 nitrogen and oxygen atoms in total. The highest BCUT2D eigenvalue weighted by Gasteiger charge is 2.26. The van der Waals surface area contributed by atoms with Crippen LogP contribution in [0.3, 0.4) is 0 Å². The molecule has 0 aliphatic rings. The molecule has 2 rings (SSSR count). The number of nitrogens with one attached hydrogen (secondary N) is 1. The fourth-order valence-electron chi connectivity index (χ4n) is 2.25. The molecule has 114 valence electrons. The standard InChI is InChI=1S/C15H20N2O3S/c1-9-6-7-14(8-10(9)2)11(3)17-21(18,19)15-12(4)16-20-13(15)5/h6-8,11,17H,1-5H3/t11-/m1/s1. The third kappa shape index (κ3) is 3.16. The van der Waals surface area contributed by atoms with Crippen LogP contribution < -0.4 is 4.72 Å². The van der Waals surface area contributed by atoms with Crippen LogP contribution in [0.5, 0.6) is 0 Å². The monoisotopic (exact) mass is 308 g/mol. The van der Waals surface area contributed by atoms with Crippen LogP contribution in [0.25, 0.3) is 0 Å². The molecule has 0 saturated heterocycles. The van der Waals surface area contributed by atoms with E-state index in [4.69, 9.17) is 4.52 Å². The van der Waals surface area contributed by atoms with Gasteiger partial charge in [0.25, 0.3) is 0 Å². The van der Waals surface area contributed by atoms with Gasteiger partial charge in [-0.05, 0) is 51.3 Å². The maximum absolute atomic E-state index is 12.5. The van der Waals surface area contributed by atoms with E-state index in [1.165, 1.54) is 5.56 Å². The lowest BCUT2D eigenvalue weighted by molar-refractivity contribution is 0.390. The average molecular weight is 308 g/mol. The maximum atomic E-state index is 12.5. The molecular formula is C15H20N2O3S. The topological polar surface area (TPSA) is 72.2 Å². The molecule has 0 amide bonds. The quantitative estimate of drug-likeness (QED) is 0.942. The summed E-state index contributed by atoms with van der Waals surface area (Å²) in [5.41, 5.74) is 3.61. The van der Waals surface area contributed by atoms with Crippen LogP contribution in [-0.2, 0) is 10.0 Å². The third-order valence-corrected chi connectivity index (χ3v) is 5.38. The number of sulfonamides is 1. The first-order valence-corrected chi connectivity index (χ1v) is 8.23. The van der Waals surface area contributed by atoms with Gasteiger partial charge in [0.15, 0.2) is 5.76 Å². The van der Waals surface area contributed by atoms with Gasteiger partial charge in [-0.3, -0.25) is 0 Å². The van der Waals surface area contributed by atoms with Crippen molar-refractivity contribution in [2.45, 2.75) is 45.6 Å². The molecule has 0 fully saturated rings. The molecule has 1 heterocycles. The van der Waals surface area contributed by atoms with E-state index in [0.29, 0.717) is 11.5 Å². The molecule has 2 aromatic rings. The lowest BCUT2D eigenvalue weighted by atomic mass is 10.0. The highest BCUT2D eigenvalue weighted by molar-refractivity contribution is 7.89. The van der Waals surface area contributed by atoms with Crippen molar-refractivity contribution in [3.63, 3.8) is 0 Å². The fraction of sp³-hybridized carbons (Fsp3) is 0.400. The number of aromatic nitrogens is 1. The molecule has 1 N–H and O–H groups in total. The van der Waals surface area contributed by atoms with Gasteiger partial charge in [-0.15, -0.1) is 0 Å². The summed E-state index contributed by atoms with van der Waals surface area (Å²) >= 11 is 0. The second-order valence-corrected chi connectivity index (χ2v) is 6.99. The summed E-state index contributed by atoms with van der Waals surface area (Å²) in [6.45, 7) is 9.06. The van der Waals surface area contributed by atoms with Crippen molar-refractivity contribution in [1.82, 2.24) is 9.88 Å². The van der Waals surface area contributed by atoms with Crippen LogP contribution in [0.15, 0.2) is 27.6 Å². The summed E-state index contributed by atoms with van der Waals surface area (Å²) in [7, 11) is -3.65. The Hall–Kier alpha value is -1.66.